The Morgan fingerprint density at radius 2 is 1.92 bits per heavy atom. The van der Waals surface area contributed by atoms with Gasteiger partial charge in [0.1, 0.15) is 0 Å². The molecule has 0 aliphatic carbocycles. The van der Waals surface area contributed by atoms with Gasteiger partial charge in [-0.3, -0.25) is 4.79 Å². The zero-order chi connectivity index (χ0) is 19.3. The minimum absolute atomic E-state index is 0.0658. The van der Waals surface area contributed by atoms with E-state index in [4.69, 9.17) is 0 Å². The van der Waals surface area contributed by atoms with E-state index < -0.39 is 17.5 Å². The van der Waals surface area contributed by atoms with Crippen LogP contribution in [0.2, 0.25) is 0 Å². The SMILES string of the molecule is Cc1cc(Br)ccc1Nc1c(C(=O)NCCCN(C)C)ccc(F)c1F. The maximum absolute atomic E-state index is 14.4. The summed E-state index contributed by atoms with van der Waals surface area (Å²) in [5.74, 6) is -2.53. The van der Waals surface area contributed by atoms with E-state index in [-0.39, 0.29) is 11.3 Å². The van der Waals surface area contributed by atoms with Crippen LogP contribution >= 0.6 is 15.9 Å². The van der Waals surface area contributed by atoms with E-state index in [2.05, 4.69) is 26.6 Å². The van der Waals surface area contributed by atoms with Crippen LogP contribution in [-0.2, 0) is 0 Å². The molecule has 0 aromatic heterocycles. The molecule has 2 aromatic carbocycles. The Balaban J connectivity index is 2.24. The zero-order valence-electron chi connectivity index (χ0n) is 15.0. The molecule has 0 atom stereocenters. The number of carbonyl (C=O) groups excluding carboxylic acids is 1. The van der Waals surface area contributed by atoms with Gasteiger partial charge in [0.05, 0.1) is 11.3 Å². The van der Waals surface area contributed by atoms with E-state index in [0.29, 0.717) is 12.2 Å². The minimum Gasteiger partial charge on any atom is -0.352 e. The molecule has 4 nitrogen and oxygen atoms in total. The van der Waals surface area contributed by atoms with Crippen LogP contribution in [0, 0.1) is 18.6 Å². The number of nitrogens with zero attached hydrogens (tertiary/aromatic N) is 1. The molecule has 0 heterocycles. The first kappa shape index (κ1) is 20.3. The maximum atomic E-state index is 14.4. The summed E-state index contributed by atoms with van der Waals surface area (Å²) in [6.45, 7) is 3.11. The number of carbonyl (C=O) groups is 1. The first-order chi connectivity index (χ1) is 12.3. The predicted octanol–water partition coefficient (Wildman–Crippen LogP) is 4.46. The molecule has 140 valence electrons. The topological polar surface area (TPSA) is 44.4 Å². The first-order valence-corrected chi connectivity index (χ1v) is 9.03. The highest BCUT2D eigenvalue weighted by Gasteiger charge is 2.19. The van der Waals surface area contributed by atoms with Crippen LogP contribution in [0.15, 0.2) is 34.8 Å². The van der Waals surface area contributed by atoms with Gasteiger partial charge in [0.2, 0.25) is 0 Å². The smallest absolute Gasteiger partial charge is 0.253 e. The summed E-state index contributed by atoms with van der Waals surface area (Å²) >= 11 is 3.36. The second kappa shape index (κ2) is 9.09. The van der Waals surface area contributed by atoms with Gasteiger partial charge in [-0.25, -0.2) is 8.78 Å². The Kier molecular flexibility index (Phi) is 7.11. The second-order valence-corrected chi connectivity index (χ2v) is 7.20. The highest BCUT2D eigenvalue weighted by atomic mass is 79.9. The van der Waals surface area contributed by atoms with Crippen molar-refractivity contribution in [1.82, 2.24) is 10.2 Å². The van der Waals surface area contributed by atoms with Crippen molar-refractivity contribution in [2.45, 2.75) is 13.3 Å². The van der Waals surface area contributed by atoms with Crippen molar-refractivity contribution in [3.05, 3.63) is 57.6 Å². The molecule has 0 saturated heterocycles. The number of halogens is 3. The van der Waals surface area contributed by atoms with Gasteiger partial charge in [0, 0.05) is 16.7 Å². The van der Waals surface area contributed by atoms with E-state index in [1.165, 1.54) is 6.07 Å². The minimum atomic E-state index is -1.08. The van der Waals surface area contributed by atoms with E-state index in [1.807, 2.05) is 32.0 Å². The Labute approximate surface area is 160 Å². The van der Waals surface area contributed by atoms with Gasteiger partial charge in [-0.1, -0.05) is 15.9 Å². The lowest BCUT2D eigenvalue weighted by Crippen LogP contribution is -2.28. The fraction of sp³-hybridized carbons (Fsp3) is 0.316. The fourth-order valence-corrected chi connectivity index (χ4v) is 2.93. The van der Waals surface area contributed by atoms with Crippen molar-refractivity contribution < 1.29 is 13.6 Å². The molecule has 0 fully saturated rings. The molecular weight excluding hydrogens is 404 g/mol. The van der Waals surface area contributed by atoms with Crippen LogP contribution in [0.5, 0.6) is 0 Å². The third-order valence-corrected chi connectivity index (χ3v) is 4.35. The summed E-state index contributed by atoms with van der Waals surface area (Å²) in [5.41, 5.74) is 1.33. The molecule has 0 unspecified atom stereocenters. The van der Waals surface area contributed by atoms with E-state index in [0.717, 1.165) is 29.1 Å². The Hall–Kier alpha value is -1.99. The summed E-state index contributed by atoms with van der Waals surface area (Å²) in [6.07, 6.45) is 0.761. The van der Waals surface area contributed by atoms with Crippen molar-refractivity contribution in [3.8, 4) is 0 Å². The van der Waals surface area contributed by atoms with Gasteiger partial charge >= 0.3 is 0 Å². The number of rotatable bonds is 7. The fourth-order valence-electron chi connectivity index (χ4n) is 2.46. The number of anilines is 2. The lowest BCUT2D eigenvalue weighted by Gasteiger charge is -2.16. The van der Waals surface area contributed by atoms with Gasteiger partial charge in [-0.15, -0.1) is 0 Å². The zero-order valence-corrected chi connectivity index (χ0v) is 16.6. The standard InChI is InChI=1S/C19H22BrF2N3O/c1-12-11-13(20)5-8-16(12)24-18-14(6-7-15(21)17(18)22)19(26)23-9-4-10-25(2)3/h5-8,11,24H,4,9-10H2,1-3H3,(H,23,26). The van der Waals surface area contributed by atoms with Crippen molar-refractivity contribution in [2.75, 3.05) is 32.5 Å². The molecule has 0 bridgehead atoms. The first-order valence-electron chi connectivity index (χ1n) is 8.23. The highest BCUT2D eigenvalue weighted by molar-refractivity contribution is 9.10. The molecule has 26 heavy (non-hydrogen) atoms. The van der Waals surface area contributed by atoms with Crippen molar-refractivity contribution in [3.63, 3.8) is 0 Å². The number of hydrogen-bond acceptors (Lipinski definition) is 3. The number of benzene rings is 2. The summed E-state index contributed by atoms with van der Waals surface area (Å²) in [5, 5.41) is 5.61. The van der Waals surface area contributed by atoms with Gasteiger partial charge in [0.25, 0.3) is 5.91 Å². The van der Waals surface area contributed by atoms with Crippen molar-refractivity contribution >= 4 is 33.2 Å². The second-order valence-electron chi connectivity index (χ2n) is 6.28. The quantitative estimate of drug-likeness (QED) is 0.643. The van der Waals surface area contributed by atoms with Crippen LogP contribution in [0.3, 0.4) is 0 Å². The molecule has 0 saturated carbocycles. The van der Waals surface area contributed by atoms with Gasteiger partial charge in [-0.05, 0) is 69.9 Å². The molecular formula is C19H22BrF2N3O. The van der Waals surface area contributed by atoms with Crippen LogP contribution in [0.25, 0.3) is 0 Å². The normalized spacial score (nSPS) is 10.9. The molecule has 0 aliphatic heterocycles. The monoisotopic (exact) mass is 425 g/mol. The molecule has 2 aromatic rings. The molecule has 0 aliphatic rings. The Morgan fingerprint density at radius 3 is 2.58 bits per heavy atom. The summed E-state index contributed by atoms with van der Waals surface area (Å²) in [7, 11) is 3.89. The largest absolute Gasteiger partial charge is 0.352 e. The predicted molar refractivity (Wildman–Crippen MR) is 104 cm³/mol. The van der Waals surface area contributed by atoms with E-state index in [1.54, 1.807) is 12.1 Å². The summed E-state index contributed by atoms with van der Waals surface area (Å²) < 4.78 is 29.0. The Bertz CT molecular complexity index is 797. The summed E-state index contributed by atoms with van der Waals surface area (Å²) in [4.78, 5) is 14.4. The van der Waals surface area contributed by atoms with E-state index >= 15 is 0 Å². The van der Waals surface area contributed by atoms with Gasteiger partial charge in [0.15, 0.2) is 11.6 Å². The Morgan fingerprint density at radius 1 is 1.19 bits per heavy atom. The molecule has 0 spiro atoms. The van der Waals surface area contributed by atoms with Crippen LogP contribution in [0.4, 0.5) is 20.2 Å². The van der Waals surface area contributed by atoms with E-state index in [9.17, 15) is 13.6 Å². The van der Waals surface area contributed by atoms with Gasteiger partial charge in [-0.2, -0.15) is 0 Å². The number of aryl methyl sites for hydroxylation is 1. The van der Waals surface area contributed by atoms with Crippen LogP contribution in [-0.4, -0.2) is 38.0 Å². The lowest BCUT2D eigenvalue weighted by atomic mass is 10.1. The number of amides is 1. The average Bonchev–Trinajstić information content (AvgIpc) is 2.57. The van der Waals surface area contributed by atoms with Crippen LogP contribution < -0.4 is 10.6 Å². The van der Waals surface area contributed by atoms with Crippen LogP contribution in [0.1, 0.15) is 22.3 Å². The molecule has 2 rings (SSSR count). The lowest BCUT2D eigenvalue weighted by molar-refractivity contribution is 0.0952. The molecule has 0 radical (unpaired) electrons. The maximum Gasteiger partial charge on any atom is 0.253 e. The van der Waals surface area contributed by atoms with Crippen molar-refractivity contribution in [2.24, 2.45) is 0 Å². The summed E-state index contributed by atoms with van der Waals surface area (Å²) in [6, 6.07) is 7.62. The third-order valence-electron chi connectivity index (χ3n) is 3.86. The van der Waals surface area contributed by atoms with Gasteiger partial charge < -0.3 is 15.5 Å². The number of hydrogen-bond donors (Lipinski definition) is 2. The highest BCUT2D eigenvalue weighted by Crippen LogP contribution is 2.29. The molecule has 1 amide bonds. The third kappa shape index (κ3) is 5.25. The molecule has 7 heteroatoms. The average molecular weight is 426 g/mol. The number of nitrogens with one attached hydrogen (secondary N) is 2. The van der Waals surface area contributed by atoms with Crippen molar-refractivity contribution in [1.29, 1.82) is 0 Å². The molecule has 2 N–H and O–H groups in total.